The molecule has 0 amide bonds. The fourth-order valence-corrected chi connectivity index (χ4v) is 3.62. The van der Waals surface area contributed by atoms with Crippen LogP contribution in [0, 0.1) is 11.3 Å². The number of nitrogens with one attached hydrogen (secondary N) is 1. The minimum atomic E-state index is -4.94. The lowest BCUT2D eigenvalue weighted by atomic mass is 9.68. The molecule has 0 bridgehead atoms. The number of carbonyl (C=O) groups excluding carboxylic acids is 1. The zero-order valence-corrected chi connectivity index (χ0v) is 13.9. The van der Waals surface area contributed by atoms with Gasteiger partial charge in [0, 0.05) is 6.42 Å². The van der Waals surface area contributed by atoms with Gasteiger partial charge in [0.05, 0.1) is 28.8 Å². The molecule has 3 nitrogen and oxygen atoms in total. The zero-order valence-electron chi connectivity index (χ0n) is 13.9. The van der Waals surface area contributed by atoms with Crippen molar-refractivity contribution in [3.05, 3.63) is 34.9 Å². The van der Waals surface area contributed by atoms with Crippen LogP contribution in [0.2, 0.25) is 0 Å². The van der Waals surface area contributed by atoms with E-state index in [1.165, 1.54) is 0 Å². The molecule has 1 saturated carbocycles. The van der Waals surface area contributed by atoms with E-state index in [9.17, 15) is 31.1 Å². The molecule has 0 aromatic heterocycles. The van der Waals surface area contributed by atoms with Crippen molar-refractivity contribution in [2.75, 3.05) is 0 Å². The molecule has 1 N–H and O–H groups in total. The van der Waals surface area contributed by atoms with E-state index < -0.39 is 35.4 Å². The van der Waals surface area contributed by atoms with Crippen LogP contribution in [0.25, 0.3) is 0 Å². The topological polar surface area (TPSA) is 41.5 Å². The van der Waals surface area contributed by atoms with E-state index in [1.54, 1.807) is 0 Å². The highest BCUT2D eigenvalue weighted by Crippen LogP contribution is 2.41. The number of halogens is 6. The molecule has 1 heterocycles. The first-order valence-corrected chi connectivity index (χ1v) is 7.94. The Hall–Kier alpha value is -2.06. The molecule has 1 aromatic rings. The van der Waals surface area contributed by atoms with Crippen molar-refractivity contribution in [1.82, 2.24) is 5.43 Å². The molecule has 0 radical (unpaired) electrons. The van der Waals surface area contributed by atoms with E-state index in [2.05, 4.69) is 10.5 Å². The molecule has 3 rings (SSSR count). The Labute approximate surface area is 145 Å². The van der Waals surface area contributed by atoms with Gasteiger partial charge in [-0.25, -0.2) is 0 Å². The molecule has 142 valence electrons. The molecule has 2 unspecified atom stereocenters. The van der Waals surface area contributed by atoms with Gasteiger partial charge in [-0.05, 0) is 35.6 Å². The molecule has 0 saturated heterocycles. The second kappa shape index (κ2) is 5.72. The third kappa shape index (κ3) is 3.43. The number of hydrogen-bond donors (Lipinski definition) is 1. The summed E-state index contributed by atoms with van der Waals surface area (Å²) in [6.45, 7) is 3.76. The van der Waals surface area contributed by atoms with Crippen molar-refractivity contribution in [1.29, 1.82) is 0 Å². The van der Waals surface area contributed by atoms with Gasteiger partial charge in [0.2, 0.25) is 0 Å². The summed E-state index contributed by atoms with van der Waals surface area (Å²) in [5.41, 5.74) is -0.825. The molecule has 2 aliphatic rings. The Balaban J connectivity index is 2.06. The number of Topliss-reactive ketones (excluding diaryl/α,β-unsaturated/α-hetero) is 1. The van der Waals surface area contributed by atoms with Crippen molar-refractivity contribution >= 4 is 11.5 Å². The van der Waals surface area contributed by atoms with Crippen molar-refractivity contribution in [3.63, 3.8) is 0 Å². The number of hydrogen-bond acceptors (Lipinski definition) is 3. The van der Waals surface area contributed by atoms with Gasteiger partial charge in [-0.15, -0.1) is 0 Å². The van der Waals surface area contributed by atoms with E-state index in [0.29, 0.717) is 18.6 Å². The van der Waals surface area contributed by atoms with Gasteiger partial charge in [-0.3, -0.25) is 4.79 Å². The van der Waals surface area contributed by atoms with Crippen molar-refractivity contribution in [3.8, 4) is 0 Å². The summed E-state index contributed by atoms with van der Waals surface area (Å²) in [6, 6.07) is 0.872. The van der Waals surface area contributed by atoms with Crippen LogP contribution >= 0.6 is 0 Å². The fourth-order valence-electron chi connectivity index (χ4n) is 3.62. The maximum absolute atomic E-state index is 13.0. The summed E-state index contributed by atoms with van der Waals surface area (Å²) in [5, 5.41) is 3.92. The molecule has 2 atom stereocenters. The van der Waals surface area contributed by atoms with Gasteiger partial charge in [0.15, 0.2) is 0 Å². The molecule has 1 aliphatic heterocycles. The van der Waals surface area contributed by atoms with Crippen molar-refractivity contribution in [2.45, 2.75) is 45.1 Å². The van der Waals surface area contributed by atoms with Crippen LogP contribution in [0.3, 0.4) is 0 Å². The summed E-state index contributed by atoms with van der Waals surface area (Å²) in [5.74, 6) is -1.08. The minimum Gasteiger partial charge on any atom is -0.306 e. The van der Waals surface area contributed by atoms with Gasteiger partial charge in [-0.1, -0.05) is 13.8 Å². The lowest BCUT2D eigenvalue weighted by molar-refractivity contribution is -0.143. The molecule has 0 spiro atoms. The fraction of sp³-hybridized carbons (Fsp3) is 0.529. The maximum Gasteiger partial charge on any atom is 0.416 e. The number of ketones is 1. The zero-order chi connectivity index (χ0) is 19.5. The van der Waals surface area contributed by atoms with Crippen LogP contribution in [0.5, 0.6) is 0 Å². The van der Waals surface area contributed by atoms with E-state index in [4.69, 9.17) is 0 Å². The Morgan fingerprint density at radius 1 is 1.04 bits per heavy atom. The Morgan fingerprint density at radius 2 is 1.58 bits per heavy atom. The van der Waals surface area contributed by atoms with Crippen LogP contribution in [0.15, 0.2) is 23.3 Å². The molecule has 1 fully saturated rings. The molecule has 1 aromatic carbocycles. The predicted octanol–water partition coefficient (Wildman–Crippen LogP) is 4.41. The minimum absolute atomic E-state index is 0.0629. The van der Waals surface area contributed by atoms with Crippen LogP contribution in [0.4, 0.5) is 26.3 Å². The third-order valence-electron chi connectivity index (χ3n) is 4.70. The highest BCUT2D eigenvalue weighted by Gasteiger charge is 2.47. The number of nitrogens with zero attached hydrogens (tertiary/aromatic N) is 1. The van der Waals surface area contributed by atoms with Crippen LogP contribution in [-0.4, -0.2) is 17.5 Å². The first-order valence-electron chi connectivity index (χ1n) is 7.94. The van der Waals surface area contributed by atoms with Crippen LogP contribution in [0.1, 0.15) is 43.4 Å². The van der Waals surface area contributed by atoms with Gasteiger partial charge in [0.1, 0.15) is 5.78 Å². The normalized spacial score (nSPS) is 25.5. The van der Waals surface area contributed by atoms with E-state index in [-0.39, 0.29) is 35.0 Å². The number of benzene rings is 1. The summed E-state index contributed by atoms with van der Waals surface area (Å²) in [4.78, 5) is 12.5. The van der Waals surface area contributed by atoms with Gasteiger partial charge in [0.25, 0.3) is 0 Å². The monoisotopic (exact) mass is 378 g/mol. The summed E-state index contributed by atoms with van der Waals surface area (Å²) in [7, 11) is 0. The maximum atomic E-state index is 13.0. The molecular weight excluding hydrogens is 362 g/mol. The number of carbonyl (C=O) groups is 1. The Morgan fingerprint density at radius 3 is 2.08 bits per heavy atom. The lowest BCUT2D eigenvalue weighted by Crippen LogP contribution is -2.45. The van der Waals surface area contributed by atoms with Gasteiger partial charge < -0.3 is 5.43 Å². The van der Waals surface area contributed by atoms with Gasteiger partial charge >= 0.3 is 12.4 Å². The lowest BCUT2D eigenvalue weighted by Gasteiger charge is -2.36. The first kappa shape index (κ1) is 18.7. The number of rotatable bonds is 1. The largest absolute Gasteiger partial charge is 0.416 e. The number of alkyl halides is 6. The second-order valence-electron chi connectivity index (χ2n) is 7.52. The average Bonchev–Trinajstić information content (AvgIpc) is 2.87. The van der Waals surface area contributed by atoms with Crippen molar-refractivity contribution < 1.29 is 31.1 Å². The number of hydrazone groups is 1. The van der Waals surface area contributed by atoms with Gasteiger partial charge in [-0.2, -0.15) is 31.4 Å². The summed E-state index contributed by atoms with van der Waals surface area (Å²) < 4.78 is 78.3. The predicted molar refractivity (Wildman–Crippen MR) is 81.4 cm³/mol. The third-order valence-corrected chi connectivity index (χ3v) is 4.70. The SMILES string of the molecule is CC1(C)CC(=O)C2C(c3cc(C(F)(F)F)cc(C(F)(F)F)c3)=NNC2C1. The molecular formula is C17H16F6N2O. The second-order valence-corrected chi connectivity index (χ2v) is 7.52. The average molecular weight is 378 g/mol. The molecule has 9 heteroatoms. The van der Waals surface area contributed by atoms with Crippen molar-refractivity contribution in [2.24, 2.45) is 16.4 Å². The molecule has 26 heavy (non-hydrogen) atoms. The van der Waals surface area contributed by atoms with E-state index >= 15 is 0 Å². The quantitative estimate of drug-likeness (QED) is 0.736. The molecule has 1 aliphatic carbocycles. The van der Waals surface area contributed by atoms with Crippen LogP contribution in [-0.2, 0) is 17.1 Å². The summed E-state index contributed by atoms with van der Waals surface area (Å²) in [6.07, 6.45) is -9.15. The Bertz CT molecular complexity index is 746. The smallest absolute Gasteiger partial charge is 0.306 e. The highest BCUT2D eigenvalue weighted by atomic mass is 19.4. The van der Waals surface area contributed by atoms with E-state index in [1.807, 2.05) is 13.8 Å². The Kier molecular flexibility index (Phi) is 4.12. The van der Waals surface area contributed by atoms with Crippen LogP contribution < -0.4 is 5.43 Å². The van der Waals surface area contributed by atoms with E-state index in [0.717, 1.165) is 0 Å². The number of fused-ring (bicyclic) bond motifs is 1. The highest BCUT2D eigenvalue weighted by molar-refractivity contribution is 6.15. The standard InChI is InChI=1S/C17H16F6N2O/c1-15(2)6-11-13(12(26)7-15)14(25-24-11)8-3-9(16(18,19)20)5-10(4-8)17(21,22)23/h3-5,11,13,24H,6-7H2,1-2H3. The summed E-state index contributed by atoms with van der Waals surface area (Å²) >= 11 is 0. The first-order chi connectivity index (χ1) is 11.8.